The highest BCUT2D eigenvalue weighted by Crippen LogP contribution is 2.23. The van der Waals surface area contributed by atoms with Crippen LogP contribution >= 0.6 is 0 Å². The minimum atomic E-state index is -0.127. The minimum Gasteiger partial charge on any atom is -0.310 e. The van der Waals surface area contributed by atoms with Crippen LogP contribution in [-0.2, 0) is 11.2 Å². The number of Topliss-reactive ketones (excluding diaryl/α,β-unsaturated/α-hetero) is 1. The van der Waals surface area contributed by atoms with E-state index in [1.165, 1.54) is 0 Å². The van der Waals surface area contributed by atoms with Gasteiger partial charge in [-0.3, -0.25) is 4.79 Å². The Kier molecular flexibility index (Phi) is 5.19. The van der Waals surface area contributed by atoms with Crippen LogP contribution in [0.1, 0.15) is 24.6 Å². The van der Waals surface area contributed by atoms with Crippen molar-refractivity contribution in [1.82, 2.24) is 15.3 Å². The fourth-order valence-electron chi connectivity index (χ4n) is 3.02. The number of carbonyl (C=O) groups is 1. The number of aromatic nitrogens is 2. The number of hydrogen-bond acceptors (Lipinski definition) is 4. The molecule has 0 fully saturated rings. The normalized spacial score (nSPS) is 12.3. The zero-order valence-corrected chi connectivity index (χ0v) is 14.9. The lowest BCUT2D eigenvalue weighted by molar-refractivity contribution is -0.120. The second-order valence-corrected chi connectivity index (χ2v) is 6.21. The van der Waals surface area contributed by atoms with E-state index in [1.807, 2.05) is 45.2 Å². The third-order valence-corrected chi connectivity index (χ3v) is 4.50. The number of rotatable bonds is 6. The highest BCUT2D eigenvalue weighted by molar-refractivity contribution is 5.84. The Bertz CT molecular complexity index is 887. The van der Waals surface area contributed by atoms with Crippen molar-refractivity contribution in [3.05, 3.63) is 59.8 Å². The van der Waals surface area contributed by atoms with Crippen molar-refractivity contribution >= 4 is 16.8 Å². The molecule has 0 aliphatic carbocycles. The molecule has 1 heterocycles. The number of hydrogen-bond donors (Lipinski definition) is 1. The van der Waals surface area contributed by atoms with Crippen LogP contribution in [0.15, 0.2) is 48.5 Å². The molecule has 0 radical (unpaired) electrons. The van der Waals surface area contributed by atoms with Gasteiger partial charge in [-0.2, -0.15) is 0 Å². The van der Waals surface area contributed by atoms with E-state index >= 15 is 0 Å². The van der Waals surface area contributed by atoms with Gasteiger partial charge >= 0.3 is 0 Å². The molecule has 128 valence electrons. The molecule has 0 saturated carbocycles. The highest BCUT2D eigenvalue weighted by Gasteiger charge is 2.15. The molecule has 3 aromatic rings. The van der Waals surface area contributed by atoms with Crippen LogP contribution in [0.2, 0.25) is 0 Å². The van der Waals surface area contributed by atoms with Crippen LogP contribution < -0.4 is 5.32 Å². The van der Waals surface area contributed by atoms with E-state index in [0.717, 1.165) is 33.5 Å². The predicted molar refractivity (Wildman–Crippen MR) is 102 cm³/mol. The lowest BCUT2D eigenvalue weighted by Crippen LogP contribution is -2.35. The summed E-state index contributed by atoms with van der Waals surface area (Å²) >= 11 is 0. The molecule has 0 aliphatic rings. The Hall–Kier alpha value is -2.59. The molecule has 4 heteroatoms. The molecule has 0 spiro atoms. The van der Waals surface area contributed by atoms with Crippen LogP contribution in [0.4, 0.5) is 0 Å². The second-order valence-electron chi connectivity index (χ2n) is 6.21. The molecule has 1 aromatic heterocycles. The zero-order chi connectivity index (χ0) is 17.8. The fraction of sp³-hybridized carbons (Fsp3) is 0.286. The van der Waals surface area contributed by atoms with Crippen LogP contribution in [-0.4, -0.2) is 28.8 Å². The van der Waals surface area contributed by atoms with Gasteiger partial charge in [-0.1, -0.05) is 43.3 Å². The van der Waals surface area contributed by atoms with Gasteiger partial charge in [0, 0.05) is 12.0 Å². The highest BCUT2D eigenvalue weighted by atomic mass is 16.1. The molecular weight excluding hydrogens is 310 g/mol. The molecule has 0 amide bonds. The van der Waals surface area contributed by atoms with Crippen molar-refractivity contribution in [1.29, 1.82) is 0 Å². The number of carbonyl (C=O) groups excluding carboxylic acids is 1. The van der Waals surface area contributed by atoms with Crippen molar-refractivity contribution in [2.75, 3.05) is 7.05 Å². The summed E-state index contributed by atoms with van der Waals surface area (Å²) in [5.41, 5.74) is 5.81. The van der Waals surface area contributed by atoms with Gasteiger partial charge in [-0.25, -0.2) is 9.97 Å². The average Bonchev–Trinajstić information content (AvgIpc) is 2.65. The van der Waals surface area contributed by atoms with E-state index in [2.05, 4.69) is 34.6 Å². The topological polar surface area (TPSA) is 54.9 Å². The summed E-state index contributed by atoms with van der Waals surface area (Å²) in [6.07, 6.45) is 1.25. The maximum atomic E-state index is 11.9. The molecule has 3 rings (SSSR count). The van der Waals surface area contributed by atoms with Gasteiger partial charge in [0.15, 0.2) is 0 Å². The monoisotopic (exact) mass is 333 g/mol. The van der Waals surface area contributed by atoms with Crippen molar-refractivity contribution in [2.24, 2.45) is 0 Å². The van der Waals surface area contributed by atoms with E-state index < -0.39 is 0 Å². The third kappa shape index (κ3) is 3.74. The number of nitrogens with zero attached hydrogens (tertiary/aromatic N) is 2. The first kappa shape index (κ1) is 17.2. The van der Waals surface area contributed by atoms with Gasteiger partial charge < -0.3 is 5.32 Å². The lowest BCUT2D eigenvalue weighted by Gasteiger charge is -2.14. The molecule has 0 aliphatic heterocycles. The van der Waals surface area contributed by atoms with Gasteiger partial charge in [0.2, 0.25) is 0 Å². The SMILES string of the molecule is CCC(=O)C(Cc1ccc(-c2nc3ccccc3nc2C)cc1)NC. The molecular formula is C21H23N3O. The van der Waals surface area contributed by atoms with Crippen LogP contribution in [0.25, 0.3) is 22.3 Å². The standard InChI is InChI=1S/C21H23N3O/c1-4-20(25)19(22-3)13-15-9-11-16(12-10-15)21-14(2)23-17-7-5-6-8-18(17)24-21/h5-12,19,22H,4,13H2,1-3H3. The molecule has 2 aromatic carbocycles. The number of likely N-dealkylation sites (N-methyl/N-ethyl adjacent to an activating group) is 1. The first-order valence-electron chi connectivity index (χ1n) is 8.65. The summed E-state index contributed by atoms with van der Waals surface area (Å²) in [5.74, 6) is 0.239. The largest absolute Gasteiger partial charge is 0.310 e. The molecule has 0 bridgehead atoms. The molecule has 25 heavy (non-hydrogen) atoms. The van der Waals surface area contributed by atoms with Gasteiger partial charge in [-0.15, -0.1) is 0 Å². The Morgan fingerprint density at radius 1 is 1.04 bits per heavy atom. The van der Waals surface area contributed by atoms with E-state index in [1.54, 1.807) is 0 Å². The number of ketones is 1. The maximum Gasteiger partial charge on any atom is 0.149 e. The molecule has 1 N–H and O–H groups in total. The van der Waals surface area contributed by atoms with Crippen molar-refractivity contribution in [3.63, 3.8) is 0 Å². The van der Waals surface area contributed by atoms with E-state index in [0.29, 0.717) is 12.8 Å². The molecule has 0 saturated heterocycles. The second kappa shape index (κ2) is 7.53. The predicted octanol–water partition coefficient (Wildman–Crippen LogP) is 3.71. The Labute approximate surface area is 148 Å². The number of para-hydroxylation sites is 2. The van der Waals surface area contributed by atoms with Crippen LogP contribution in [0, 0.1) is 6.92 Å². The number of nitrogens with one attached hydrogen (secondary N) is 1. The van der Waals surface area contributed by atoms with Crippen LogP contribution in [0.5, 0.6) is 0 Å². The summed E-state index contributed by atoms with van der Waals surface area (Å²) in [5, 5.41) is 3.10. The number of aryl methyl sites for hydroxylation is 1. The zero-order valence-electron chi connectivity index (χ0n) is 14.9. The fourth-order valence-corrected chi connectivity index (χ4v) is 3.02. The van der Waals surface area contributed by atoms with Crippen molar-refractivity contribution in [3.8, 4) is 11.3 Å². The van der Waals surface area contributed by atoms with Crippen LogP contribution in [0.3, 0.4) is 0 Å². The Balaban J connectivity index is 1.87. The van der Waals surface area contributed by atoms with E-state index in [4.69, 9.17) is 4.98 Å². The first-order valence-corrected chi connectivity index (χ1v) is 8.65. The quantitative estimate of drug-likeness (QED) is 0.747. The lowest BCUT2D eigenvalue weighted by atomic mass is 9.99. The number of fused-ring (bicyclic) bond motifs is 1. The molecule has 1 unspecified atom stereocenters. The first-order chi connectivity index (χ1) is 12.1. The summed E-state index contributed by atoms with van der Waals surface area (Å²) in [6.45, 7) is 3.89. The van der Waals surface area contributed by atoms with Gasteiger partial charge in [-0.05, 0) is 38.1 Å². The average molecular weight is 333 g/mol. The summed E-state index contributed by atoms with van der Waals surface area (Å²) in [7, 11) is 1.83. The van der Waals surface area contributed by atoms with Crippen molar-refractivity contribution in [2.45, 2.75) is 32.7 Å². The van der Waals surface area contributed by atoms with E-state index in [-0.39, 0.29) is 11.8 Å². The summed E-state index contributed by atoms with van der Waals surface area (Å²) < 4.78 is 0. The Morgan fingerprint density at radius 2 is 1.68 bits per heavy atom. The minimum absolute atomic E-state index is 0.127. The number of benzene rings is 2. The Morgan fingerprint density at radius 3 is 2.28 bits per heavy atom. The van der Waals surface area contributed by atoms with E-state index in [9.17, 15) is 4.79 Å². The van der Waals surface area contributed by atoms with Gasteiger partial charge in [0.1, 0.15) is 5.78 Å². The van der Waals surface area contributed by atoms with Gasteiger partial charge in [0.25, 0.3) is 0 Å². The summed E-state index contributed by atoms with van der Waals surface area (Å²) in [4.78, 5) is 21.3. The summed E-state index contributed by atoms with van der Waals surface area (Å²) in [6, 6.07) is 16.0. The maximum absolute atomic E-state index is 11.9. The molecule has 1 atom stereocenters. The van der Waals surface area contributed by atoms with Crippen molar-refractivity contribution < 1.29 is 4.79 Å². The smallest absolute Gasteiger partial charge is 0.149 e. The van der Waals surface area contributed by atoms with Gasteiger partial charge in [0.05, 0.1) is 28.5 Å². The third-order valence-electron chi connectivity index (χ3n) is 4.50. The molecule has 4 nitrogen and oxygen atoms in total.